The molecule has 3 nitrogen and oxygen atoms in total. The third-order valence-electron chi connectivity index (χ3n) is 3.78. The first-order chi connectivity index (χ1) is 7.27. The van der Waals surface area contributed by atoms with Crippen molar-refractivity contribution >= 4 is 0 Å². The molecule has 2 aliphatic rings. The molecule has 0 saturated carbocycles. The van der Waals surface area contributed by atoms with Crippen LogP contribution in [0.15, 0.2) is 0 Å². The number of rotatable bonds is 1. The summed E-state index contributed by atoms with van der Waals surface area (Å²) in [6.45, 7) is 7.26. The Hall–Kier alpha value is -0.120. The first-order valence-electron chi connectivity index (χ1n) is 6.45. The second kappa shape index (κ2) is 5.28. The Bertz CT molecular complexity index is 195. The Labute approximate surface area is 93.8 Å². The van der Waals surface area contributed by atoms with Crippen LogP contribution in [0.5, 0.6) is 0 Å². The zero-order valence-corrected chi connectivity index (χ0v) is 10.2. The van der Waals surface area contributed by atoms with E-state index in [1.54, 1.807) is 0 Å². The van der Waals surface area contributed by atoms with Gasteiger partial charge in [-0.25, -0.2) is 0 Å². The molecular formula is C12H25N3. The number of likely N-dealkylation sites (tertiary alicyclic amines) is 1. The van der Waals surface area contributed by atoms with Crippen molar-refractivity contribution in [2.45, 2.75) is 44.8 Å². The fourth-order valence-electron chi connectivity index (χ4n) is 2.93. The number of hydrogen-bond acceptors (Lipinski definition) is 3. The minimum Gasteiger partial charge on any atom is -0.313 e. The summed E-state index contributed by atoms with van der Waals surface area (Å²) in [5.74, 6) is 0. The summed E-state index contributed by atoms with van der Waals surface area (Å²) < 4.78 is 0. The summed E-state index contributed by atoms with van der Waals surface area (Å²) in [5.41, 5.74) is 0. The molecule has 0 aliphatic carbocycles. The normalized spacial score (nSPS) is 36.4. The lowest BCUT2D eigenvalue weighted by atomic mass is 10.1. The van der Waals surface area contributed by atoms with Gasteiger partial charge in [-0.3, -0.25) is 9.80 Å². The largest absolute Gasteiger partial charge is 0.313 e. The monoisotopic (exact) mass is 211 g/mol. The highest BCUT2D eigenvalue weighted by atomic mass is 15.4. The van der Waals surface area contributed by atoms with Crippen molar-refractivity contribution in [3.05, 3.63) is 0 Å². The van der Waals surface area contributed by atoms with Gasteiger partial charge in [0.1, 0.15) is 0 Å². The lowest BCUT2D eigenvalue weighted by Crippen LogP contribution is -2.51. The number of piperidine rings is 1. The highest BCUT2D eigenvalue weighted by Crippen LogP contribution is 2.19. The first-order valence-corrected chi connectivity index (χ1v) is 6.45. The van der Waals surface area contributed by atoms with Crippen LogP contribution in [0.25, 0.3) is 0 Å². The molecular weight excluding hydrogens is 186 g/mol. The van der Waals surface area contributed by atoms with E-state index in [0.717, 1.165) is 0 Å². The maximum Gasteiger partial charge on any atom is 0.0620 e. The van der Waals surface area contributed by atoms with Crippen LogP contribution >= 0.6 is 0 Å². The predicted molar refractivity (Wildman–Crippen MR) is 63.9 cm³/mol. The third kappa shape index (κ3) is 2.92. The van der Waals surface area contributed by atoms with Crippen molar-refractivity contribution in [2.75, 3.05) is 33.2 Å². The van der Waals surface area contributed by atoms with Gasteiger partial charge < -0.3 is 5.32 Å². The van der Waals surface area contributed by atoms with Gasteiger partial charge in [0.05, 0.1) is 6.17 Å². The van der Waals surface area contributed by atoms with Crippen LogP contribution < -0.4 is 5.32 Å². The second-order valence-corrected chi connectivity index (χ2v) is 5.16. The Morgan fingerprint density at radius 2 is 2.00 bits per heavy atom. The molecule has 2 atom stereocenters. The summed E-state index contributed by atoms with van der Waals surface area (Å²) in [6, 6.07) is 0.655. The highest BCUT2D eigenvalue weighted by molar-refractivity contribution is 4.80. The molecule has 0 bridgehead atoms. The molecule has 2 saturated heterocycles. The minimum atomic E-state index is 0.655. The molecule has 0 aromatic heterocycles. The molecule has 0 aromatic rings. The molecule has 0 radical (unpaired) electrons. The van der Waals surface area contributed by atoms with E-state index in [-0.39, 0.29) is 0 Å². The molecule has 2 heterocycles. The molecule has 2 aliphatic heterocycles. The molecule has 2 unspecified atom stereocenters. The lowest BCUT2D eigenvalue weighted by Gasteiger charge is -2.41. The second-order valence-electron chi connectivity index (χ2n) is 5.16. The summed E-state index contributed by atoms with van der Waals surface area (Å²) >= 11 is 0. The molecule has 1 N–H and O–H groups in total. The summed E-state index contributed by atoms with van der Waals surface area (Å²) in [7, 11) is 2.28. The van der Waals surface area contributed by atoms with E-state index in [2.05, 4.69) is 29.1 Å². The lowest BCUT2D eigenvalue weighted by molar-refractivity contribution is 0.0318. The standard InChI is InChI=1S/C12H25N3/c1-11-10-15(9-5-7-13-11)12-6-3-4-8-14(12)2/h11-13H,3-10H2,1-2H3. The molecule has 2 fully saturated rings. The highest BCUT2D eigenvalue weighted by Gasteiger charge is 2.27. The maximum atomic E-state index is 3.57. The van der Waals surface area contributed by atoms with Gasteiger partial charge >= 0.3 is 0 Å². The van der Waals surface area contributed by atoms with Gasteiger partial charge in [0, 0.05) is 19.1 Å². The van der Waals surface area contributed by atoms with Crippen LogP contribution in [0.2, 0.25) is 0 Å². The van der Waals surface area contributed by atoms with Crippen molar-refractivity contribution in [1.29, 1.82) is 0 Å². The number of nitrogens with zero attached hydrogens (tertiary/aromatic N) is 2. The molecule has 0 aromatic carbocycles. The average Bonchev–Trinajstić information content (AvgIpc) is 2.43. The van der Waals surface area contributed by atoms with E-state index in [9.17, 15) is 0 Å². The van der Waals surface area contributed by atoms with Crippen molar-refractivity contribution < 1.29 is 0 Å². The third-order valence-corrected chi connectivity index (χ3v) is 3.78. The van der Waals surface area contributed by atoms with Crippen molar-refractivity contribution in [1.82, 2.24) is 15.1 Å². The Balaban J connectivity index is 1.94. The van der Waals surface area contributed by atoms with Crippen LogP contribution in [0.4, 0.5) is 0 Å². The van der Waals surface area contributed by atoms with Crippen molar-refractivity contribution in [3.63, 3.8) is 0 Å². The van der Waals surface area contributed by atoms with Crippen LogP contribution in [0.3, 0.4) is 0 Å². The van der Waals surface area contributed by atoms with Gasteiger partial charge in [0.2, 0.25) is 0 Å². The molecule has 0 amide bonds. The van der Waals surface area contributed by atoms with Gasteiger partial charge in [-0.2, -0.15) is 0 Å². The van der Waals surface area contributed by atoms with Gasteiger partial charge in [0.25, 0.3) is 0 Å². The fourth-order valence-corrected chi connectivity index (χ4v) is 2.93. The summed E-state index contributed by atoms with van der Waals surface area (Å²) in [4.78, 5) is 5.23. The van der Waals surface area contributed by atoms with Crippen molar-refractivity contribution in [3.8, 4) is 0 Å². The Morgan fingerprint density at radius 1 is 1.13 bits per heavy atom. The molecule has 2 rings (SSSR count). The smallest absolute Gasteiger partial charge is 0.0620 e. The topological polar surface area (TPSA) is 18.5 Å². The molecule has 88 valence electrons. The van der Waals surface area contributed by atoms with E-state index >= 15 is 0 Å². The zero-order valence-electron chi connectivity index (χ0n) is 10.2. The molecule has 0 spiro atoms. The van der Waals surface area contributed by atoms with Gasteiger partial charge in [-0.15, -0.1) is 0 Å². The Kier molecular flexibility index (Phi) is 4.00. The first kappa shape index (κ1) is 11.4. The maximum absolute atomic E-state index is 3.57. The van der Waals surface area contributed by atoms with Crippen LogP contribution in [-0.4, -0.2) is 55.2 Å². The Morgan fingerprint density at radius 3 is 2.80 bits per heavy atom. The van der Waals surface area contributed by atoms with Gasteiger partial charge in [-0.05, 0) is 52.7 Å². The minimum absolute atomic E-state index is 0.655. The van der Waals surface area contributed by atoms with E-state index in [4.69, 9.17) is 0 Å². The van der Waals surface area contributed by atoms with E-state index in [1.807, 2.05) is 0 Å². The quantitative estimate of drug-likeness (QED) is 0.701. The van der Waals surface area contributed by atoms with Crippen LogP contribution in [-0.2, 0) is 0 Å². The summed E-state index contributed by atoms with van der Waals surface area (Å²) in [6.07, 6.45) is 6.17. The fraction of sp³-hybridized carbons (Fsp3) is 1.00. The predicted octanol–water partition coefficient (Wildman–Crippen LogP) is 1.11. The van der Waals surface area contributed by atoms with E-state index in [1.165, 1.54) is 51.9 Å². The van der Waals surface area contributed by atoms with E-state index in [0.29, 0.717) is 12.2 Å². The SMILES string of the molecule is CC1CN(C2CCCCN2C)CCCN1. The van der Waals surface area contributed by atoms with Gasteiger partial charge in [-0.1, -0.05) is 0 Å². The zero-order chi connectivity index (χ0) is 10.7. The average molecular weight is 211 g/mol. The number of nitrogens with one attached hydrogen (secondary N) is 1. The van der Waals surface area contributed by atoms with Crippen LogP contribution in [0, 0.1) is 0 Å². The van der Waals surface area contributed by atoms with Crippen LogP contribution in [0.1, 0.15) is 32.6 Å². The molecule has 15 heavy (non-hydrogen) atoms. The van der Waals surface area contributed by atoms with E-state index < -0.39 is 0 Å². The summed E-state index contributed by atoms with van der Waals surface area (Å²) in [5, 5.41) is 3.57. The number of hydrogen-bond donors (Lipinski definition) is 1. The molecule has 3 heteroatoms. The van der Waals surface area contributed by atoms with Gasteiger partial charge in [0.15, 0.2) is 0 Å². The van der Waals surface area contributed by atoms with Crippen molar-refractivity contribution in [2.24, 2.45) is 0 Å².